The second-order valence-electron chi connectivity index (χ2n) is 9.83. The Morgan fingerprint density at radius 3 is 2.36 bits per heavy atom. The Balaban J connectivity index is 1.36. The maximum absolute atomic E-state index is 13.6. The van der Waals surface area contributed by atoms with Crippen LogP contribution in [0.1, 0.15) is 28.4 Å². The number of nitrogens with zero attached hydrogens (tertiary/aromatic N) is 1. The molecule has 1 atom stereocenters. The summed E-state index contributed by atoms with van der Waals surface area (Å²) in [5, 5.41) is 23.9. The van der Waals surface area contributed by atoms with Crippen LogP contribution >= 0.6 is 0 Å². The molecule has 45 heavy (non-hydrogen) atoms. The molecule has 14 heteroatoms. The van der Waals surface area contributed by atoms with Crippen molar-refractivity contribution in [3.8, 4) is 16.9 Å². The van der Waals surface area contributed by atoms with Crippen molar-refractivity contribution >= 4 is 50.7 Å². The van der Waals surface area contributed by atoms with Crippen LogP contribution in [0.2, 0.25) is 0 Å². The summed E-state index contributed by atoms with van der Waals surface area (Å²) in [6.45, 7) is 0. The van der Waals surface area contributed by atoms with E-state index < -0.39 is 40.5 Å². The summed E-state index contributed by atoms with van der Waals surface area (Å²) in [6.07, 6.45) is -0.474. The van der Waals surface area contributed by atoms with Gasteiger partial charge in [0.1, 0.15) is 10.6 Å². The molecule has 0 fully saturated rings. The Morgan fingerprint density at radius 1 is 0.889 bits per heavy atom. The van der Waals surface area contributed by atoms with Gasteiger partial charge < -0.3 is 25.3 Å². The number of fused-ring (bicyclic) bond motifs is 1. The molecule has 0 radical (unpaired) electrons. The number of carboxylic acids is 2. The molecule has 1 heterocycles. The minimum Gasteiger partial charge on any atom is -0.495 e. The zero-order valence-corrected chi connectivity index (χ0v) is 24.5. The molecule has 0 bridgehead atoms. The molecule has 230 valence electrons. The average Bonchev–Trinajstić information content (AvgIpc) is 3.42. The van der Waals surface area contributed by atoms with E-state index in [9.17, 15) is 33.0 Å². The second kappa shape index (κ2) is 12.9. The monoisotopic (exact) mass is 629 g/mol. The van der Waals surface area contributed by atoms with Crippen LogP contribution in [0.25, 0.3) is 22.2 Å². The lowest BCUT2D eigenvalue weighted by molar-refractivity contribution is -0.137. The molecule has 5 rings (SSSR count). The maximum atomic E-state index is 13.6. The van der Waals surface area contributed by atoms with Crippen molar-refractivity contribution in [2.45, 2.75) is 17.4 Å². The number of amides is 2. The summed E-state index contributed by atoms with van der Waals surface area (Å²) in [6, 6.07) is 22.3. The lowest BCUT2D eigenvalue weighted by atomic mass is 10.0. The average molecular weight is 630 g/mol. The van der Waals surface area contributed by atoms with E-state index in [1.165, 1.54) is 37.4 Å². The number of urea groups is 1. The summed E-state index contributed by atoms with van der Waals surface area (Å²) in [4.78, 5) is 42.4. The third kappa shape index (κ3) is 7.26. The van der Waals surface area contributed by atoms with E-state index >= 15 is 0 Å². The molecule has 0 aliphatic heterocycles. The first kappa shape index (κ1) is 30.7. The smallest absolute Gasteiger partial charge is 0.335 e. The van der Waals surface area contributed by atoms with Crippen LogP contribution in [-0.4, -0.2) is 53.7 Å². The van der Waals surface area contributed by atoms with Crippen LogP contribution in [0, 0.1) is 0 Å². The summed E-state index contributed by atoms with van der Waals surface area (Å²) in [5.41, 5.74) is 2.91. The van der Waals surface area contributed by atoms with Crippen LogP contribution in [0.3, 0.4) is 0 Å². The third-order valence-electron chi connectivity index (χ3n) is 6.75. The van der Waals surface area contributed by atoms with Crippen molar-refractivity contribution in [3.05, 3.63) is 102 Å². The topological polar surface area (TPSA) is 200 Å². The Kier molecular flexibility index (Phi) is 8.79. The van der Waals surface area contributed by atoms with Crippen LogP contribution in [-0.2, 0) is 14.8 Å². The Bertz CT molecular complexity index is 2010. The largest absolute Gasteiger partial charge is 0.495 e. The zero-order valence-electron chi connectivity index (χ0n) is 23.6. The van der Waals surface area contributed by atoms with Crippen molar-refractivity contribution in [1.82, 2.24) is 14.7 Å². The fourth-order valence-corrected chi connectivity index (χ4v) is 6.07. The van der Waals surface area contributed by atoms with Gasteiger partial charge in [-0.3, -0.25) is 10.1 Å². The maximum Gasteiger partial charge on any atom is 0.335 e. The summed E-state index contributed by atoms with van der Waals surface area (Å²) < 4.78 is 35.0. The number of carbonyl (C=O) groups is 3. The number of methoxy groups -OCH3 is 1. The predicted octanol–water partition coefficient (Wildman–Crippen LogP) is 5.08. The number of aromatic nitrogens is 2. The number of ether oxygens (including phenoxy) is 1. The van der Waals surface area contributed by atoms with Gasteiger partial charge in [0.15, 0.2) is 0 Å². The van der Waals surface area contributed by atoms with E-state index in [0.717, 1.165) is 0 Å². The fraction of sp³-hybridized carbons (Fsp3) is 0.0968. The highest BCUT2D eigenvalue weighted by molar-refractivity contribution is 7.89. The van der Waals surface area contributed by atoms with Crippen molar-refractivity contribution in [3.63, 3.8) is 0 Å². The molecular weight excluding hydrogens is 602 g/mol. The molecule has 0 saturated carbocycles. The van der Waals surface area contributed by atoms with Gasteiger partial charge in [-0.1, -0.05) is 48.5 Å². The molecule has 6 N–H and O–H groups in total. The number of aromatic carboxylic acids is 1. The quantitative estimate of drug-likeness (QED) is 0.115. The van der Waals surface area contributed by atoms with Gasteiger partial charge in [-0.15, -0.1) is 0 Å². The first-order chi connectivity index (χ1) is 21.5. The minimum atomic E-state index is -4.27. The van der Waals surface area contributed by atoms with Crippen LogP contribution in [0.5, 0.6) is 5.75 Å². The number of H-pyrrole nitrogens is 1. The second-order valence-corrected chi connectivity index (χ2v) is 11.5. The number of imidazole rings is 1. The molecule has 1 unspecified atom stereocenters. The van der Waals surface area contributed by atoms with E-state index in [-0.39, 0.29) is 22.2 Å². The van der Waals surface area contributed by atoms with Crippen LogP contribution in [0.15, 0.2) is 95.9 Å². The number of carbonyl (C=O) groups excluding carboxylic acids is 1. The van der Waals surface area contributed by atoms with E-state index in [4.69, 9.17) is 4.74 Å². The van der Waals surface area contributed by atoms with Gasteiger partial charge in [-0.05, 0) is 59.2 Å². The van der Waals surface area contributed by atoms with Crippen molar-refractivity contribution in [1.29, 1.82) is 0 Å². The molecule has 4 aromatic carbocycles. The normalized spacial score (nSPS) is 11.9. The molecule has 0 aliphatic rings. The van der Waals surface area contributed by atoms with Crippen LogP contribution < -0.4 is 20.1 Å². The molecule has 5 aromatic rings. The molecular formula is C31H27N5O8S. The first-order valence-corrected chi connectivity index (χ1v) is 14.9. The molecule has 0 aliphatic carbocycles. The highest BCUT2D eigenvalue weighted by Gasteiger charge is 2.27. The fourth-order valence-electron chi connectivity index (χ4n) is 4.65. The zero-order chi connectivity index (χ0) is 32.1. The van der Waals surface area contributed by atoms with E-state index in [1.54, 1.807) is 60.7 Å². The summed E-state index contributed by atoms with van der Waals surface area (Å²) in [7, 11) is -2.94. The summed E-state index contributed by atoms with van der Waals surface area (Å²) in [5.74, 6) is -2.10. The number of aliphatic carboxylic acids is 1. The van der Waals surface area contributed by atoms with Gasteiger partial charge in [-0.25, -0.2) is 27.7 Å². The van der Waals surface area contributed by atoms with Gasteiger partial charge >= 0.3 is 18.0 Å². The number of anilines is 2. The molecule has 13 nitrogen and oxygen atoms in total. The number of hydrogen-bond donors (Lipinski definition) is 6. The predicted molar refractivity (Wildman–Crippen MR) is 166 cm³/mol. The van der Waals surface area contributed by atoms with E-state index in [1.807, 2.05) is 0 Å². The molecule has 0 spiro atoms. The standard InChI is InChI=1S/C31H27N5O8S/c1-44-26-13-11-20(16-27(26)45(42,43)36-24(17-28(37)38)18-6-3-2-4-7-18)19-8-5-9-22(14-19)32-31(41)35-30-33-23-12-10-21(29(39)40)15-25(23)34-30/h2-16,24,36H,17H2,1H3,(H,37,38)(H,39,40)(H3,32,33,34,35,41). The van der Waals surface area contributed by atoms with Crippen molar-refractivity contribution in [2.75, 3.05) is 17.7 Å². The van der Waals surface area contributed by atoms with E-state index in [2.05, 4.69) is 25.3 Å². The SMILES string of the molecule is COc1ccc(-c2cccc(NC(=O)Nc3nc4ccc(C(=O)O)cc4[nH]3)c2)cc1S(=O)(=O)NC(CC(=O)O)c1ccccc1. The minimum absolute atomic E-state index is 0.0587. The summed E-state index contributed by atoms with van der Waals surface area (Å²) >= 11 is 0. The lowest BCUT2D eigenvalue weighted by Gasteiger charge is -2.19. The van der Waals surface area contributed by atoms with Gasteiger partial charge in [0.2, 0.25) is 16.0 Å². The number of hydrogen-bond acceptors (Lipinski definition) is 7. The van der Waals surface area contributed by atoms with Crippen LogP contribution in [0.4, 0.5) is 16.4 Å². The Labute approximate surface area is 256 Å². The number of carboxylic acid groups (broad SMARTS) is 2. The highest BCUT2D eigenvalue weighted by Crippen LogP contribution is 2.32. The van der Waals surface area contributed by atoms with Crippen molar-refractivity contribution < 1.29 is 37.8 Å². The first-order valence-electron chi connectivity index (χ1n) is 13.4. The van der Waals surface area contributed by atoms with Gasteiger partial charge in [0.05, 0.1) is 36.2 Å². The van der Waals surface area contributed by atoms with Gasteiger partial charge in [0, 0.05) is 5.69 Å². The van der Waals surface area contributed by atoms with Gasteiger partial charge in [0.25, 0.3) is 0 Å². The van der Waals surface area contributed by atoms with E-state index in [0.29, 0.717) is 33.4 Å². The van der Waals surface area contributed by atoms with Gasteiger partial charge in [-0.2, -0.15) is 0 Å². The molecule has 1 aromatic heterocycles. The Hall–Kier alpha value is -5.73. The Morgan fingerprint density at radius 2 is 1.64 bits per heavy atom. The number of nitrogens with one attached hydrogen (secondary N) is 4. The third-order valence-corrected chi connectivity index (χ3v) is 8.24. The molecule has 0 saturated heterocycles. The highest BCUT2D eigenvalue weighted by atomic mass is 32.2. The molecule has 2 amide bonds. The lowest BCUT2D eigenvalue weighted by Crippen LogP contribution is -2.30. The number of sulfonamides is 1. The number of aromatic amines is 1. The number of benzene rings is 4. The number of rotatable bonds is 11. The van der Waals surface area contributed by atoms with Crippen molar-refractivity contribution in [2.24, 2.45) is 0 Å².